The predicted molar refractivity (Wildman–Crippen MR) is 124 cm³/mol. The van der Waals surface area contributed by atoms with Gasteiger partial charge in [0.05, 0.1) is 30.2 Å². The molecule has 1 atom stereocenters. The van der Waals surface area contributed by atoms with Crippen LogP contribution in [0.4, 0.5) is 0 Å². The summed E-state index contributed by atoms with van der Waals surface area (Å²) in [6, 6.07) is 12.2. The van der Waals surface area contributed by atoms with Crippen LogP contribution in [-0.2, 0) is 0 Å². The molecule has 0 spiro atoms. The first kappa shape index (κ1) is 21.9. The number of ether oxygens (including phenoxy) is 2. The quantitative estimate of drug-likeness (QED) is 0.425. The van der Waals surface area contributed by atoms with Crippen LogP contribution in [0.5, 0.6) is 11.5 Å². The number of carbonyl (C=O) groups is 1. The van der Waals surface area contributed by atoms with E-state index in [1.807, 2.05) is 32.0 Å². The number of rotatable bonds is 9. The van der Waals surface area contributed by atoms with E-state index in [4.69, 9.17) is 13.9 Å². The summed E-state index contributed by atoms with van der Waals surface area (Å²) in [4.78, 5) is 28.7. The molecule has 0 bridgehead atoms. The molecule has 1 aromatic heterocycles. The minimum atomic E-state index is -0.523. The molecule has 3 aromatic rings. The molecule has 6 nitrogen and oxygen atoms in total. The minimum absolute atomic E-state index is 0.141. The molecule has 6 heteroatoms. The van der Waals surface area contributed by atoms with E-state index in [0.717, 1.165) is 24.8 Å². The van der Waals surface area contributed by atoms with Crippen molar-refractivity contribution in [2.45, 2.75) is 46.1 Å². The van der Waals surface area contributed by atoms with Crippen molar-refractivity contribution in [2.24, 2.45) is 0 Å². The van der Waals surface area contributed by atoms with Crippen molar-refractivity contribution < 1.29 is 18.7 Å². The van der Waals surface area contributed by atoms with Gasteiger partial charge in [0.1, 0.15) is 5.58 Å². The van der Waals surface area contributed by atoms with Crippen molar-refractivity contribution in [1.82, 2.24) is 4.90 Å². The largest absolute Gasteiger partial charge is 0.490 e. The number of amides is 1. The highest BCUT2D eigenvalue weighted by molar-refractivity contribution is 5.99. The van der Waals surface area contributed by atoms with E-state index >= 15 is 0 Å². The molecular formula is C26H29NO5. The Kier molecular flexibility index (Phi) is 6.49. The molecule has 1 unspecified atom stereocenters. The molecule has 0 fully saturated rings. The Morgan fingerprint density at radius 2 is 1.69 bits per heavy atom. The van der Waals surface area contributed by atoms with Crippen LogP contribution in [0.2, 0.25) is 0 Å². The minimum Gasteiger partial charge on any atom is -0.490 e. The van der Waals surface area contributed by atoms with Gasteiger partial charge in [-0.05, 0) is 50.1 Å². The van der Waals surface area contributed by atoms with Crippen LogP contribution in [0.25, 0.3) is 11.0 Å². The first-order valence-electron chi connectivity index (χ1n) is 11.4. The van der Waals surface area contributed by atoms with Crippen molar-refractivity contribution in [1.29, 1.82) is 0 Å². The number of unbranched alkanes of at least 4 members (excludes halogenated alkanes) is 2. The molecule has 0 saturated heterocycles. The highest BCUT2D eigenvalue weighted by atomic mass is 16.5. The highest BCUT2D eigenvalue weighted by Crippen LogP contribution is 2.41. The van der Waals surface area contributed by atoms with Crippen LogP contribution in [0.15, 0.2) is 51.7 Å². The van der Waals surface area contributed by atoms with Gasteiger partial charge in [0.2, 0.25) is 5.76 Å². The molecule has 168 valence electrons. The van der Waals surface area contributed by atoms with Gasteiger partial charge in [-0.1, -0.05) is 38.0 Å². The fourth-order valence-electron chi connectivity index (χ4n) is 4.31. The Balaban J connectivity index is 1.88. The summed E-state index contributed by atoms with van der Waals surface area (Å²) in [6.07, 6.45) is 2.90. The second-order valence-electron chi connectivity index (χ2n) is 7.85. The van der Waals surface area contributed by atoms with Crippen LogP contribution in [0.3, 0.4) is 0 Å². The lowest BCUT2D eigenvalue weighted by atomic mass is 9.98. The molecule has 2 heterocycles. The molecule has 0 aliphatic carbocycles. The van der Waals surface area contributed by atoms with Crippen molar-refractivity contribution in [3.05, 3.63) is 69.6 Å². The number of carbonyl (C=O) groups excluding carboxylic acids is 1. The van der Waals surface area contributed by atoms with Crippen molar-refractivity contribution in [3.8, 4) is 11.5 Å². The third-order valence-electron chi connectivity index (χ3n) is 5.76. The van der Waals surface area contributed by atoms with Crippen LogP contribution in [0.1, 0.15) is 67.8 Å². The van der Waals surface area contributed by atoms with Gasteiger partial charge in [0, 0.05) is 6.54 Å². The Hall–Kier alpha value is -3.28. The maximum absolute atomic E-state index is 13.5. The Morgan fingerprint density at radius 1 is 0.938 bits per heavy atom. The lowest BCUT2D eigenvalue weighted by Gasteiger charge is -2.26. The second kappa shape index (κ2) is 9.47. The Morgan fingerprint density at radius 3 is 2.44 bits per heavy atom. The molecule has 2 aromatic carbocycles. The number of hydrogen-bond donors (Lipinski definition) is 0. The van der Waals surface area contributed by atoms with Crippen LogP contribution >= 0.6 is 0 Å². The summed E-state index contributed by atoms with van der Waals surface area (Å²) in [5, 5.41) is 0.482. The third-order valence-corrected chi connectivity index (χ3v) is 5.76. The standard InChI is InChI=1S/C26H29NO5/c1-4-7-10-15-27-23(17-13-14-20(30-5-2)21(16-17)31-6-3)22-24(28)18-11-8-9-12-19(18)32-25(22)26(27)29/h8-9,11-14,16,23H,4-7,10,15H2,1-3H3. The lowest BCUT2D eigenvalue weighted by Crippen LogP contribution is -2.30. The third kappa shape index (κ3) is 3.85. The Labute approximate surface area is 187 Å². The summed E-state index contributed by atoms with van der Waals surface area (Å²) in [5.74, 6) is 1.15. The average Bonchev–Trinajstić information content (AvgIpc) is 3.08. The molecule has 1 aliphatic heterocycles. The van der Waals surface area contributed by atoms with Crippen molar-refractivity contribution in [3.63, 3.8) is 0 Å². The normalized spacial score (nSPS) is 15.3. The lowest BCUT2D eigenvalue weighted by molar-refractivity contribution is 0.0724. The summed E-state index contributed by atoms with van der Waals surface area (Å²) in [7, 11) is 0. The van der Waals surface area contributed by atoms with Crippen LogP contribution in [0, 0.1) is 0 Å². The molecule has 0 saturated carbocycles. The van der Waals surface area contributed by atoms with E-state index < -0.39 is 6.04 Å². The Bertz CT molecular complexity index is 1180. The molecule has 4 rings (SSSR count). The van der Waals surface area contributed by atoms with E-state index in [9.17, 15) is 9.59 Å². The molecule has 1 aliphatic rings. The SMILES string of the molecule is CCCCCN1C(=O)c2oc3ccccc3c(=O)c2C1c1ccc(OCC)c(OCC)c1. The fraction of sp³-hybridized carbons (Fsp3) is 0.385. The summed E-state index contributed by atoms with van der Waals surface area (Å²) >= 11 is 0. The first-order chi connectivity index (χ1) is 15.6. The summed E-state index contributed by atoms with van der Waals surface area (Å²) < 4.78 is 17.5. The van der Waals surface area contributed by atoms with Crippen LogP contribution in [-0.4, -0.2) is 30.6 Å². The van der Waals surface area contributed by atoms with Crippen molar-refractivity contribution in [2.75, 3.05) is 19.8 Å². The van der Waals surface area contributed by atoms with E-state index in [1.165, 1.54) is 0 Å². The van der Waals surface area contributed by atoms with Crippen molar-refractivity contribution >= 4 is 16.9 Å². The number of benzene rings is 2. The summed E-state index contributed by atoms with van der Waals surface area (Å²) in [5.41, 5.74) is 1.48. The maximum Gasteiger partial charge on any atom is 0.290 e. The number of fused-ring (bicyclic) bond motifs is 2. The second-order valence-corrected chi connectivity index (χ2v) is 7.85. The van der Waals surface area contributed by atoms with Gasteiger partial charge in [0.15, 0.2) is 16.9 Å². The van der Waals surface area contributed by atoms with E-state index in [-0.39, 0.29) is 17.1 Å². The zero-order valence-electron chi connectivity index (χ0n) is 18.8. The van der Waals surface area contributed by atoms with Gasteiger partial charge < -0.3 is 18.8 Å². The molecule has 32 heavy (non-hydrogen) atoms. The van der Waals surface area contributed by atoms with Gasteiger partial charge in [-0.25, -0.2) is 0 Å². The van der Waals surface area contributed by atoms with Gasteiger partial charge in [-0.2, -0.15) is 0 Å². The number of hydrogen-bond acceptors (Lipinski definition) is 5. The first-order valence-corrected chi connectivity index (χ1v) is 11.4. The van der Waals surface area contributed by atoms with Gasteiger partial charge in [0.25, 0.3) is 5.91 Å². The van der Waals surface area contributed by atoms with E-state index in [2.05, 4.69) is 6.92 Å². The number of nitrogens with zero attached hydrogens (tertiary/aromatic N) is 1. The van der Waals surface area contributed by atoms with Gasteiger partial charge >= 0.3 is 0 Å². The average molecular weight is 436 g/mol. The number of para-hydroxylation sites is 1. The zero-order valence-corrected chi connectivity index (χ0v) is 18.8. The molecular weight excluding hydrogens is 406 g/mol. The maximum atomic E-state index is 13.5. The summed E-state index contributed by atoms with van der Waals surface area (Å²) in [6.45, 7) is 7.50. The van der Waals surface area contributed by atoms with Gasteiger partial charge in [-0.3, -0.25) is 9.59 Å². The highest BCUT2D eigenvalue weighted by Gasteiger charge is 2.42. The van der Waals surface area contributed by atoms with Crippen LogP contribution < -0.4 is 14.9 Å². The topological polar surface area (TPSA) is 69.0 Å². The zero-order chi connectivity index (χ0) is 22.7. The van der Waals surface area contributed by atoms with E-state index in [0.29, 0.717) is 47.8 Å². The molecule has 0 N–H and O–H groups in total. The fourth-order valence-corrected chi connectivity index (χ4v) is 4.31. The monoisotopic (exact) mass is 435 g/mol. The van der Waals surface area contributed by atoms with E-state index in [1.54, 1.807) is 29.2 Å². The molecule has 0 radical (unpaired) electrons. The predicted octanol–water partition coefficient (Wildman–Crippen LogP) is 5.33. The van der Waals surface area contributed by atoms with Gasteiger partial charge in [-0.15, -0.1) is 0 Å². The smallest absolute Gasteiger partial charge is 0.290 e. The molecule has 1 amide bonds.